The van der Waals surface area contributed by atoms with Crippen molar-refractivity contribution in [2.24, 2.45) is 11.8 Å². The first kappa shape index (κ1) is 21.4. The molecule has 0 aliphatic carbocycles. The van der Waals surface area contributed by atoms with Crippen LogP contribution in [0, 0.1) is 11.8 Å². The molecule has 1 aromatic carbocycles. The Morgan fingerprint density at radius 2 is 1.94 bits per heavy atom. The molecule has 0 saturated carbocycles. The lowest BCUT2D eigenvalue weighted by atomic mass is 9.78. The molecular formula is C25H34N4O3. The Bertz CT molecular complexity index is 932. The van der Waals surface area contributed by atoms with E-state index >= 15 is 0 Å². The average Bonchev–Trinajstić information content (AvgIpc) is 3.40. The Hall–Kier alpha value is -2.41. The van der Waals surface area contributed by atoms with Crippen molar-refractivity contribution in [3.63, 3.8) is 0 Å². The summed E-state index contributed by atoms with van der Waals surface area (Å²) >= 11 is 0. The maximum absolute atomic E-state index is 14.2. The number of nitrogens with zero attached hydrogens (tertiary/aromatic N) is 3. The van der Waals surface area contributed by atoms with Gasteiger partial charge < -0.3 is 15.1 Å². The number of rotatable bonds is 2. The Morgan fingerprint density at radius 1 is 1.12 bits per heavy atom. The van der Waals surface area contributed by atoms with E-state index in [-0.39, 0.29) is 35.6 Å². The number of para-hydroxylation sites is 1. The lowest BCUT2D eigenvalue weighted by Crippen LogP contribution is -2.57. The zero-order valence-corrected chi connectivity index (χ0v) is 19.2. The van der Waals surface area contributed by atoms with E-state index in [1.165, 1.54) is 0 Å². The summed E-state index contributed by atoms with van der Waals surface area (Å²) in [6.07, 6.45) is 4.06. The highest BCUT2D eigenvalue weighted by Gasteiger charge is 2.67. The van der Waals surface area contributed by atoms with Gasteiger partial charge in [-0.05, 0) is 44.2 Å². The minimum absolute atomic E-state index is 0.0140. The monoisotopic (exact) mass is 438 g/mol. The van der Waals surface area contributed by atoms with Crippen molar-refractivity contribution < 1.29 is 14.4 Å². The number of hydrogen-bond donors (Lipinski definition) is 1. The van der Waals surface area contributed by atoms with Crippen molar-refractivity contribution in [3.8, 4) is 0 Å². The first-order chi connectivity index (χ1) is 15.4. The van der Waals surface area contributed by atoms with Gasteiger partial charge in [0, 0.05) is 49.9 Å². The van der Waals surface area contributed by atoms with Crippen LogP contribution in [0.5, 0.6) is 0 Å². The minimum Gasteiger partial charge on any atom is -0.356 e. The van der Waals surface area contributed by atoms with Crippen molar-refractivity contribution in [1.82, 2.24) is 15.1 Å². The molecule has 4 heterocycles. The smallest absolute Gasteiger partial charge is 0.253 e. The fraction of sp³-hybridized carbons (Fsp3) is 0.640. The molecule has 1 spiro atoms. The van der Waals surface area contributed by atoms with Crippen LogP contribution >= 0.6 is 0 Å². The van der Waals surface area contributed by atoms with Gasteiger partial charge in [0.15, 0.2) is 0 Å². The van der Waals surface area contributed by atoms with Crippen molar-refractivity contribution >= 4 is 23.4 Å². The topological polar surface area (TPSA) is 73.0 Å². The third kappa shape index (κ3) is 3.16. The summed E-state index contributed by atoms with van der Waals surface area (Å²) in [6.45, 7) is 7.05. The number of nitrogens with one attached hydrogen (secondary N) is 1. The third-order valence-electron chi connectivity index (χ3n) is 7.77. The molecule has 7 nitrogen and oxygen atoms in total. The highest BCUT2D eigenvalue weighted by Crippen LogP contribution is 2.56. The summed E-state index contributed by atoms with van der Waals surface area (Å²) in [5, 5.41) is 3.12. The van der Waals surface area contributed by atoms with Crippen LogP contribution in [-0.2, 0) is 19.9 Å². The van der Waals surface area contributed by atoms with Crippen LogP contribution in [0.15, 0.2) is 24.3 Å². The Morgan fingerprint density at radius 3 is 2.75 bits per heavy atom. The first-order valence-electron chi connectivity index (χ1n) is 12.2. The van der Waals surface area contributed by atoms with Gasteiger partial charge >= 0.3 is 0 Å². The van der Waals surface area contributed by atoms with Gasteiger partial charge in [-0.1, -0.05) is 32.0 Å². The fourth-order valence-electron chi connectivity index (χ4n) is 6.45. The number of carbonyl (C=O) groups excluding carboxylic acids is 3. The number of amides is 3. The van der Waals surface area contributed by atoms with E-state index in [4.69, 9.17) is 0 Å². The van der Waals surface area contributed by atoms with Gasteiger partial charge in [0.05, 0.1) is 5.92 Å². The molecular weight excluding hydrogens is 404 g/mol. The molecule has 3 saturated heterocycles. The minimum atomic E-state index is -0.909. The lowest BCUT2D eigenvalue weighted by Gasteiger charge is -2.38. The van der Waals surface area contributed by atoms with Gasteiger partial charge in [0.25, 0.3) is 5.91 Å². The molecule has 0 radical (unpaired) electrons. The van der Waals surface area contributed by atoms with Gasteiger partial charge in [-0.2, -0.15) is 0 Å². The highest BCUT2D eigenvalue weighted by molar-refractivity contribution is 6.11. The van der Waals surface area contributed by atoms with Crippen LogP contribution in [0.3, 0.4) is 0 Å². The van der Waals surface area contributed by atoms with Crippen molar-refractivity contribution in [1.29, 1.82) is 0 Å². The van der Waals surface area contributed by atoms with Crippen molar-refractivity contribution in [3.05, 3.63) is 29.8 Å². The van der Waals surface area contributed by atoms with Gasteiger partial charge in [0.1, 0.15) is 5.54 Å². The molecule has 4 aliphatic rings. The predicted octanol–water partition coefficient (Wildman–Crippen LogP) is 2.11. The molecule has 0 aromatic heterocycles. The molecule has 7 heteroatoms. The highest BCUT2D eigenvalue weighted by atomic mass is 16.2. The molecule has 3 amide bonds. The quantitative estimate of drug-likeness (QED) is 0.768. The van der Waals surface area contributed by atoms with E-state index in [1.807, 2.05) is 47.9 Å². The summed E-state index contributed by atoms with van der Waals surface area (Å²) in [5.41, 5.74) is 0.959. The second kappa shape index (κ2) is 8.18. The third-order valence-corrected chi connectivity index (χ3v) is 7.77. The van der Waals surface area contributed by atoms with Gasteiger partial charge in [-0.3, -0.25) is 19.3 Å². The number of benzene rings is 1. The van der Waals surface area contributed by atoms with E-state index < -0.39 is 5.54 Å². The molecule has 3 atom stereocenters. The SMILES string of the molecule is CC(C)CC(=O)N1CCCNC(=O)[C@H]2C[C@@H]3CCCN3[C@@]23C(=O)N(CC1)c1ccccc13. The summed E-state index contributed by atoms with van der Waals surface area (Å²) in [5.74, 6) is 0.0263. The lowest BCUT2D eigenvalue weighted by molar-refractivity contribution is -0.139. The van der Waals surface area contributed by atoms with Crippen LogP contribution < -0.4 is 10.2 Å². The van der Waals surface area contributed by atoms with E-state index in [0.29, 0.717) is 32.6 Å². The number of carbonyl (C=O) groups is 3. The van der Waals surface area contributed by atoms with E-state index in [1.54, 1.807) is 0 Å². The summed E-state index contributed by atoms with van der Waals surface area (Å²) in [6, 6.07) is 8.25. The molecule has 1 aromatic rings. The summed E-state index contributed by atoms with van der Waals surface area (Å²) in [4.78, 5) is 46.6. The van der Waals surface area contributed by atoms with Gasteiger partial charge in [-0.25, -0.2) is 0 Å². The zero-order chi connectivity index (χ0) is 22.5. The average molecular weight is 439 g/mol. The molecule has 4 aliphatic heterocycles. The van der Waals surface area contributed by atoms with Crippen LogP contribution in [0.4, 0.5) is 5.69 Å². The Kier molecular flexibility index (Phi) is 5.48. The van der Waals surface area contributed by atoms with E-state index in [0.717, 1.165) is 43.5 Å². The number of anilines is 1. The van der Waals surface area contributed by atoms with Crippen molar-refractivity contribution in [2.45, 2.75) is 57.5 Å². The predicted molar refractivity (Wildman–Crippen MR) is 122 cm³/mol. The fourth-order valence-corrected chi connectivity index (χ4v) is 6.45. The molecule has 32 heavy (non-hydrogen) atoms. The van der Waals surface area contributed by atoms with Crippen LogP contribution in [0.25, 0.3) is 0 Å². The number of hydrogen-bond acceptors (Lipinski definition) is 4. The summed E-state index contributed by atoms with van der Waals surface area (Å²) in [7, 11) is 0. The first-order valence-corrected chi connectivity index (χ1v) is 12.2. The van der Waals surface area contributed by atoms with Crippen LogP contribution in [0.2, 0.25) is 0 Å². The maximum Gasteiger partial charge on any atom is 0.253 e. The van der Waals surface area contributed by atoms with E-state index in [9.17, 15) is 14.4 Å². The zero-order valence-electron chi connectivity index (χ0n) is 19.2. The Labute approximate surface area is 190 Å². The van der Waals surface area contributed by atoms with Crippen molar-refractivity contribution in [2.75, 3.05) is 37.6 Å². The Balaban J connectivity index is 1.56. The second-order valence-electron chi connectivity index (χ2n) is 10.1. The molecule has 172 valence electrons. The van der Waals surface area contributed by atoms with Crippen LogP contribution in [0.1, 0.15) is 51.5 Å². The molecule has 1 N–H and O–H groups in total. The molecule has 5 rings (SSSR count). The molecule has 2 bridgehead atoms. The van der Waals surface area contributed by atoms with Crippen LogP contribution in [-0.4, -0.2) is 66.3 Å². The largest absolute Gasteiger partial charge is 0.356 e. The van der Waals surface area contributed by atoms with Gasteiger partial charge in [0.2, 0.25) is 11.8 Å². The summed E-state index contributed by atoms with van der Waals surface area (Å²) < 4.78 is 0. The van der Waals surface area contributed by atoms with Gasteiger partial charge in [-0.15, -0.1) is 0 Å². The van der Waals surface area contributed by atoms with E-state index in [2.05, 4.69) is 10.2 Å². The standard InChI is InChI=1S/C25H34N4O3/c1-17(2)15-22(30)27-11-6-10-26-23(31)20-16-18-7-5-12-29(18)25(20)19-8-3-4-9-21(19)28(14-13-27)24(25)32/h3-4,8-9,17-18,20H,5-7,10-16H2,1-2H3,(H,26,31)/t18-,20+,25+/m0/s1. The second-order valence-corrected chi connectivity index (χ2v) is 10.1. The normalized spacial score (nSPS) is 30.5. The molecule has 0 unspecified atom stereocenters. The molecule has 3 fully saturated rings. The number of fused-ring (bicyclic) bond motifs is 4. The maximum atomic E-state index is 14.2.